The maximum Gasteiger partial charge on any atom is 0.358 e. The highest BCUT2D eigenvalue weighted by Gasteiger charge is 2.36. The molecular formula is C26H22ClN7O5. The van der Waals surface area contributed by atoms with Crippen LogP contribution in [-0.2, 0) is 16.1 Å². The van der Waals surface area contributed by atoms with Crippen LogP contribution in [0.1, 0.15) is 33.7 Å². The molecule has 1 N–H and O–H groups in total. The first-order valence-corrected chi connectivity index (χ1v) is 12.1. The van der Waals surface area contributed by atoms with Crippen molar-refractivity contribution in [3.63, 3.8) is 0 Å². The number of hydrogen-bond acceptors (Lipinski definition) is 11. The van der Waals surface area contributed by atoms with Gasteiger partial charge in [0.15, 0.2) is 11.5 Å². The number of methoxy groups -OCH3 is 1. The van der Waals surface area contributed by atoms with E-state index >= 15 is 0 Å². The topological polar surface area (TPSA) is 145 Å². The van der Waals surface area contributed by atoms with Crippen LogP contribution in [0, 0.1) is 6.92 Å². The second-order valence-electron chi connectivity index (χ2n) is 8.45. The molecular weight excluding hydrogens is 526 g/mol. The number of nitrogens with one attached hydrogen (secondary N) is 1. The van der Waals surface area contributed by atoms with Gasteiger partial charge in [-0.3, -0.25) is 14.7 Å². The van der Waals surface area contributed by atoms with E-state index in [2.05, 4.69) is 35.4 Å². The average molecular weight is 548 g/mol. The second-order valence-corrected chi connectivity index (χ2v) is 8.88. The molecule has 0 spiro atoms. The summed E-state index contributed by atoms with van der Waals surface area (Å²) in [6, 6.07) is 17.2. The number of carbonyl (C=O) groups excluding carboxylic acids is 2. The predicted molar refractivity (Wildman–Crippen MR) is 140 cm³/mol. The van der Waals surface area contributed by atoms with Gasteiger partial charge in [-0.25, -0.2) is 4.79 Å². The molecule has 0 fully saturated rings. The van der Waals surface area contributed by atoms with Gasteiger partial charge in [-0.15, -0.1) is 10.2 Å². The van der Waals surface area contributed by atoms with Gasteiger partial charge in [0, 0.05) is 16.8 Å². The van der Waals surface area contributed by atoms with Gasteiger partial charge >= 0.3 is 5.97 Å². The Morgan fingerprint density at radius 1 is 1.10 bits per heavy atom. The van der Waals surface area contributed by atoms with Gasteiger partial charge in [-0.1, -0.05) is 28.9 Å². The Labute approximate surface area is 227 Å². The minimum absolute atomic E-state index is 0.0758. The van der Waals surface area contributed by atoms with Crippen molar-refractivity contribution in [1.29, 1.82) is 0 Å². The van der Waals surface area contributed by atoms with Crippen LogP contribution in [0.3, 0.4) is 0 Å². The van der Waals surface area contributed by atoms with E-state index in [1.807, 2.05) is 12.1 Å². The Bertz CT molecular complexity index is 1510. The maximum absolute atomic E-state index is 13.5. The molecule has 3 heterocycles. The van der Waals surface area contributed by atoms with E-state index in [1.165, 1.54) is 19.2 Å². The third-order valence-corrected chi connectivity index (χ3v) is 5.96. The van der Waals surface area contributed by atoms with Crippen molar-refractivity contribution in [2.45, 2.75) is 19.4 Å². The Kier molecular flexibility index (Phi) is 7.46. The molecule has 13 heteroatoms. The monoisotopic (exact) mass is 547 g/mol. The van der Waals surface area contributed by atoms with E-state index in [9.17, 15) is 9.59 Å². The number of benzene rings is 2. The number of aliphatic imine (C=N–C) groups is 1. The Balaban J connectivity index is 1.32. The average Bonchev–Trinajstić information content (AvgIpc) is 3.38. The summed E-state index contributed by atoms with van der Waals surface area (Å²) in [5.41, 5.74) is 1.62. The quantitative estimate of drug-likeness (QED) is 0.337. The Hall–Kier alpha value is -4.84. The van der Waals surface area contributed by atoms with Crippen LogP contribution in [0.25, 0.3) is 0 Å². The number of aryl methyl sites for hydroxylation is 1. The summed E-state index contributed by atoms with van der Waals surface area (Å²) in [6.45, 7) is 2.10. The minimum atomic E-state index is -0.688. The molecule has 0 saturated heterocycles. The van der Waals surface area contributed by atoms with Crippen molar-refractivity contribution < 1.29 is 23.6 Å². The molecule has 0 radical (unpaired) electrons. The molecule has 0 aliphatic carbocycles. The van der Waals surface area contributed by atoms with Gasteiger partial charge in [0.2, 0.25) is 23.6 Å². The van der Waals surface area contributed by atoms with Crippen LogP contribution >= 0.6 is 11.6 Å². The zero-order chi connectivity index (χ0) is 27.4. The number of anilines is 1. The summed E-state index contributed by atoms with van der Waals surface area (Å²) in [5.74, 6) is 0.256. The summed E-state index contributed by atoms with van der Waals surface area (Å²) in [4.78, 5) is 35.4. The highest BCUT2D eigenvalue weighted by atomic mass is 35.5. The molecule has 1 amide bonds. The summed E-state index contributed by atoms with van der Waals surface area (Å²) in [6.07, 6.45) is 0. The molecule has 198 valence electrons. The standard InChI is InChI=1S/C26H22ClN7O5/c1-15-29-23(39-33-15)20-13-28-26(34(24(20)35)14-16-3-5-17(27)6-4-16)30-18-7-9-19(10-8-18)38-22-12-11-21(31-32-22)25(36)37-2/h3-12,20H,13-14H2,1-2H3,(H,28,30). The lowest BCUT2D eigenvalue weighted by atomic mass is 10.1. The number of esters is 1. The van der Waals surface area contributed by atoms with Crippen LogP contribution in [-0.4, -0.2) is 56.7 Å². The molecule has 1 atom stereocenters. The lowest BCUT2D eigenvalue weighted by Crippen LogP contribution is -2.47. The Morgan fingerprint density at radius 3 is 2.51 bits per heavy atom. The zero-order valence-corrected chi connectivity index (χ0v) is 21.6. The van der Waals surface area contributed by atoms with Crippen molar-refractivity contribution in [2.75, 3.05) is 19.0 Å². The molecule has 5 rings (SSSR count). The SMILES string of the molecule is COC(=O)c1ccc(Oc2ccc(NC3=NCC(c4nc(C)no4)C(=O)N3Cc3ccc(Cl)cc3)cc2)nn1. The Morgan fingerprint density at radius 2 is 1.87 bits per heavy atom. The highest BCUT2D eigenvalue weighted by molar-refractivity contribution is 6.30. The number of ether oxygens (including phenoxy) is 2. The molecule has 0 bridgehead atoms. The van der Waals surface area contributed by atoms with Crippen LogP contribution in [0.15, 0.2) is 70.2 Å². The van der Waals surface area contributed by atoms with Crippen molar-refractivity contribution in [3.8, 4) is 11.6 Å². The first-order chi connectivity index (χ1) is 18.9. The molecule has 1 aliphatic heterocycles. The van der Waals surface area contributed by atoms with E-state index < -0.39 is 11.9 Å². The molecule has 4 aromatic rings. The third kappa shape index (κ3) is 6.02. The fourth-order valence-electron chi connectivity index (χ4n) is 3.75. The van der Waals surface area contributed by atoms with Crippen molar-refractivity contribution in [1.82, 2.24) is 25.2 Å². The summed E-state index contributed by atoms with van der Waals surface area (Å²) >= 11 is 6.03. The van der Waals surface area contributed by atoms with Gasteiger partial charge in [0.25, 0.3) is 0 Å². The summed E-state index contributed by atoms with van der Waals surface area (Å²) in [7, 11) is 1.27. The fraction of sp³-hybridized carbons (Fsp3) is 0.192. The van der Waals surface area contributed by atoms with Crippen LogP contribution < -0.4 is 10.1 Å². The lowest BCUT2D eigenvalue weighted by Gasteiger charge is -2.31. The van der Waals surface area contributed by atoms with Gasteiger partial charge in [-0.05, 0) is 55.0 Å². The molecule has 39 heavy (non-hydrogen) atoms. The van der Waals surface area contributed by atoms with E-state index in [0.717, 1.165) is 5.56 Å². The molecule has 1 unspecified atom stereocenters. The van der Waals surface area contributed by atoms with Gasteiger partial charge in [-0.2, -0.15) is 4.98 Å². The van der Waals surface area contributed by atoms with Crippen LogP contribution in [0.2, 0.25) is 5.02 Å². The summed E-state index contributed by atoms with van der Waals surface area (Å²) < 4.78 is 15.6. The van der Waals surface area contributed by atoms with Crippen molar-refractivity contribution in [2.24, 2.45) is 4.99 Å². The number of hydrogen-bond donors (Lipinski definition) is 1. The summed E-state index contributed by atoms with van der Waals surface area (Å²) in [5, 5.41) is 15.3. The van der Waals surface area contributed by atoms with Crippen LogP contribution in [0.5, 0.6) is 11.6 Å². The predicted octanol–water partition coefficient (Wildman–Crippen LogP) is 3.99. The molecule has 2 aromatic heterocycles. The van der Waals surface area contributed by atoms with Gasteiger partial charge in [0.05, 0.1) is 20.2 Å². The fourth-order valence-corrected chi connectivity index (χ4v) is 3.87. The number of rotatable bonds is 7. The molecule has 0 saturated carbocycles. The normalized spacial score (nSPS) is 15.1. The first-order valence-electron chi connectivity index (χ1n) is 11.8. The number of aromatic nitrogens is 4. The highest BCUT2D eigenvalue weighted by Crippen LogP contribution is 2.26. The number of nitrogens with zero attached hydrogens (tertiary/aromatic N) is 6. The maximum atomic E-state index is 13.5. The molecule has 12 nitrogen and oxygen atoms in total. The molecule has 1 aliphatic rings. The van der Waals surface area contributed by atoms with Crippen LogP contribution in [0.4, 0.5) is 5.69 Å². The van der Waals surface area contributed by atoms with E-state index in [-0.39, 0.29) is 36.5 Å². The third-order valence-electron chi connectivity index (χ3n) is 5.71. The van der Waals surface area contributed by atoms with E-state index in [0.29, 0.717) is 28.2 Å². The second kappa shape index (κ2) is 11.3. The number of guanidine groups is 1. The van der Waals surface area contributed by atoms with E-state index in [1.54, 1.807) is 48.2 Å². The zero-order valence-electron chi connectivity index (χ0n) is 20.9. The van der Waals surface area contributed by atoms with Gasteiger partial charge < -0.3 is 19.3 Å². The number of carbonyl (C=O) groups is 2. The largest absolute Gasteiger partial charge is 0.464 e. The number of halogens is 1. The van der Waals surface area contributed by atoms with E-state index in [4.69, 9.17) is 20.9 Å². The minimum Gasteiger partial charge on any atom is -0.464 e. The van der Waals surface area contributed by atoms with Gasteiger partial charge in [0.1, 0.15) is 11.7 Å². The smallest absolute Gasteiger partial charge is 0.358 e. The number of amides is 1. The first kappa shape index (κ1) is 25.8. The lowest BCUT2D eigenvalue weighted by molar-refractivity contribution is -0.130. The molecule has 2 aromatic carbocycles. The van der Waals surface area contributed by atoms with Crippen molar-refractivity contribution >= 4 is 35.1 Å². The van der Waals surface area contributed by atoms with Crippen molar-refractivity contribution in [3.05, 3.63) is 88.7 Å².